The van der Waals surface area contributed by atoms with E-state index in [9.17, 15) is 4.79 Å². The van der Waals surface area contributed by atoms with Crippen LogP contribution in [0.2, 0.25) is 10.0 Å². The van der Waals surface area contributed by atoms with Gasteiger partial charge in [0, 0.05) is 23.1 Å². The van der Waals surface area contributed by atoms with E-state index in [1.807, 2.05) is 6.92 Å². The molecule has 22 heavy (non-hydrogen) atoms. The third-order valence-electron chi connectivity index (χ3n) is 3.06. The molecule has 0 unspecified atom stereocenters. The van der Waals surface area contributed by atoms with Crippen LogP contribution in [0.15, 0.2) is 42.5 Å². The Morgan fingerprint density at radius 3 is 2.55 bits per heavy atom. The molecule has 2 aromatic rings. The molecule has 0 fully saturated rings. The molecule has 1 amide bonds. The van der Waals surface area contributed by atoms with Crippen molar-refractivity contribution in [1.29, 1.82) is 0 Å². The van der Waals surface area contributed by atoms with Crippen LogP contribution in [0.25, 0.3) is 0 Å². The standard InChI is InChI=1S/C18H15Cl2NO/c1-13-2-4-14(5-3-13)10-11-21-18(22)9-7-15-6-8-16(19)12-17(15)20/h2-6,8,12H,10-11H2,1H3,(H,21,22). The topological polar surface area (TPSA) is 29.1 Å². The van der Waals surface area contributed by atoms with Crippen LogP contribution in [0.4, 0.5) is 0 Å². The van der Waals surface area contributed by atoms with Crippen molar-refractivity contribution >= 4 is 29.1 Å². The third-order valence-corrected chi connectivity index (χ3v) is 3.61. The highest BCUT2D eigenvalue weighted by Gasteiger charge is 1.99. The van der Waals surface area contributed by atoms with Crippen molar-refractivity contribution in [3.8, 4) is 11.8 Å². The molecule has 2 nitrogen and oxygen atoms in total. The first kappa shape index (κ1) is 16.4. The molecule has 0 aliphatic heterocycles. The lowest BCUT2D eigenvalue weighted by Gasteiger charge is -2.02. The van der Waals surface area contributed by atoms with Crippen LogP contribution in [0.3, 0.4) is 0 Å². The summed E-state index contributed by atoms with van der Waals surface area (Å²) in [6.07, 6.45) is 0.773. The van der Waals surface area contributed by atoms with Crippen LogP contribution in [-0.4, -0.2) is 12.5 Å². The van der Waals surface area contributed by atoms with E-state index in [4.69, 9.17) is 23.2 Å². The van der Waals surface area contributed by atoms with Crippen molar-refractivity contribution < 1.29 is 4.79 Å². The van der Waals surface area contributed by atoms with E-state index < -0.39 is 0 Å². The van der Waals surface area contributed by atoms with E-state index in [-0.39, 0.29) is 5.91 Å². The molecule has 0 spiro atoms. The van der Waals surface area contributed by atoms with E-state index in [0.717, 1.165) is 6.42 Å². The van der Waals surface area contributed by atoms with Gasteiger partial charge in [0.2, 0.25) is 0 Å². The second kappa shape index (κ2) is 7.89. The van der Waals surface area contributed by atoms with Gasteiger partial charge in [-0.1, -0.05) is 59.0 Å². The normalized spacial score (nSPS) is 9.77. The van der Waals surface area contributed by atoms with Gasteiger partial charge < -0.3 is 5.32 Å². The number of hydrogen-bond donors (Lipinski definition) is 1. The molecule has 0 saturated carbocycles. The zero-order valence-electron chi connectivity index (χ0n) is 12.1. The Bertz CT molecular complexity index is 727. The van der Waals surface area contributed by atoms with Gasteiger partial charge >= 0.3 is 0 Å². The number of benzene rings is 2. The van der Waals surface area contributed by atoms with Crippen LogP contribution < -0.4 is 5.32 Å². The molecule has 0 radical (unpaired) electrons. The molecule has 112 valence electrons. The highest BCUT2D eigenvalue weighted by atomic mass is 35.5. The number of halogens is 2. The Labute approximate surface area is 140 Å². The van der Waals surface area contributed by atoms with E-state index in [0.29, 0.717) is 22.2 Å². The Morgan fingerprint density at radius 2 is 1.86 bits per heavy atom. The zero-order chi connectivity index (χ0) is 15.9. The fraction of sp³-hybridized carbons (Fsp3) is 0.167. The predicted octanol–water partition coefficient (Wildman–Crippen LogP) is 4.01. The number of amides is 1. The number of nitrogens with one attached hydrogen (secondary N) is 1. The van der Waals surface area contributed by atoms with E-state index in [1.54, 1.807) is 18.2 Å². The molecule has 4 heteroatoms. The largest absolute Gasteiger partial charge is 0.345 e. The molecule has 2 rings (SSSR count). The average molecular weight is 332 g/mol. The highest BCUT2D eigenvalue weighted by Crippen LogP contribution is 2.19. The van der Waals surface area contributed by atoms with Gasteiger partial charge in [0.1, 0.15) is 0 Å². The summed E-state index contributed by atoms with van der Waals surface area (Å²) in [5.41, 5.74) is 2.98. The summed E-state index contributed by atoms with van der Waals surface area (Å²) < 4.78 is 0. The third kappa shape index (κ3) is 5.11. The van der Waals surface area contributed by atoms with Gasteiger partial charge in [-0.3, -0.25) is 4.79 Å². The summed E-state index contributed by atoms with van der Waals surface area (Å²) in [6, 6.07) is 13.2. The number of hydrogen-bond acceptors (Lipinski definition) is 1. The fourth-order valence-corrected chi connectivity index (χ4v) is 2.29. The minimum Gasteiger partial charge on any atom is -0.345 e. The van der Waals surface area contributed by atoms with Gasteiger partial charge in [-0.15, -0.1) is 0 Å². The maximum absolute atomic E-state index is 11.7. The van der Waals surface area contributed by atoms with Crippen molar-refractivity contribution in [3.05, 3.63) is 69.2 Å². The SMILES string of the molecule is Cc1ccc(CCNC(=O)C#Cc2ccc(Cl)cc2Cl)cc1. The second-order valence-corrected chi connectivity index (χ2v) is 5.71. The first-order valence-corrected chi connectivity index (χ1v) is 7.60. The van der Waals surface area contributed by atoms with Crippen molar-refractivity contribution in [1.82, 2.24) is 5.32 Å². The van der Waals surface area contributed by atoms with E-state index in [1.165, 1.54) is 11.1 Å². The summed E-state index contributed by atoms with van der Waals surface area (Å²) in [5, 5.41) is 3.74. The predicted molar refractivity (Wildman–Crippen MR) is 91.2 cm³/mol. The molecular formula is C18H15Cl2NO. The first-order chi connectivity index (χ1) is 10.5. The van der Waals surface area contributed by atoms with Gasteiger partial charge in [-0.25, -0.2) is 0 Å². The average Bonchev–Trinajstić information content (AvgIpc) is 2.48. The lowest BCUT2D eigenvalue weighted by Crippen LogP contribution is -2.24. The Kier molecular flexibility index (Phi) is 5.89. The summed E-state index contributed by atoms with van der Waals surface area (Å²) >= 11 is 11.8. The van der Waals surface area contributed by atoms with Gasteiger partial charge in [-0.05, 0) is 37.1 Å². The van der Waals surface area contributed by atoms with Gasteiger partial charge in [0.15, 0.2) is 0 Å². The minimum absolute atomic E-state index is 0.321. The number of aryl methyl sites for hydroxylation is 1. The second-order valence-electron chi connectivity index (χ2n) is 4.87. The van der Waals surface area contributed by atoms with E-state index in [2.05, 4.69) is 41.4 Å². The minimum atomic E-state index is -0.321. The number of carbonyl (C=O) groups is 1. The maximum atomic E-state index is 11.7. The van der Waals surface area contributed by atoms with Crippen LogP contribution in [0, 0.1) is 18.8 Å². The monoisotopic (exact) mass is 331 g/mol. The molecule has 0 aromatic heterocycles. The fourth-order valence-electron chi connectivity index (χ4n) is 1.83. The molecule has 1 N–H and O–H groups in total. The molecule has 0 aliphatic rings. The maximum Gasteiger partial charge on any atom is 0.296 e. The highest BCUT2D eigenvalue weighted by molar-refractivity contribution is 6.35. The summed E-state index contributed by atoms with van der Waals surface area (Å²) in [4.78, 5) is 11.7. The molecule has 0 saturated heterocycles. The smallest absolute Gasteiger partial charge is 0.296 e. The number of rotatable bonds is 3. The van der Waals surface area contributed by atoms with Gasteiger partial charge in [0.05, 0.1) is 5.02 Å². The molecule has 0 aliphatic carbocycles. The van der Waals surface area contributed by atoms with Gasteiger partial charge in [0.25, 0.3) is 5.91 Å². The van der Waals surface area contributed by atoms with Crippen LogP contribution in [0.5, 0.6) is 0 Å². The Morgan fingerprint density at radius 1 is 1.14 bits per heavy atom. The van der Waals surface area contributed by atoms with Crippen LogP contribution in [0.1, 0.15) is 16.7 Å². The van der Waals surface area contributed by atoms with Crippen molar-refractivity contribution in [3.63, 3.8) is 0 Å². The molecule has 0 bridgehead atoms. The zero-order valence-corrected chi connectivity index (χ0v) is 13.6. The van der Waals surface area contributed by atoms with E-state index >= 15 is 0 Å². The molecular weight excluding hydrogens is 317 g/mol. The molecule has 0 atom stereocenters. The lowest BCUT2D eigenvalue weighted by molar-refractivity contribution is -0.115. The summed E-state index contributed by atoms with van der Waals surface area (Å²) in [6.45, 7) is 2.59. The Hall–Kier alpha value is -1.95. The first-order valence-electron chi connectivity index (χ1n) is 6.85. The van der Waals surface area contributed by atoms with Crippen molar-refractivity contribution in [2.24, 2.45) is 0 Å². The Balaban J connectivity index is 1.86. The lowest BCUT2D eigenvalue weighted by atomic mass is 10.1. The summed E-state index contributed by atoms with van der Waals surface area (Å²) in [7, 11) is 0. The van der Waals surface area contributed by atoms with Crippen molar-refractivity contribution in [2.75, 3.05) is 6.54 Å². The van der Waals surface area contributed by atoms with Gasteiger partial charge in [-0.2, -0.15) is 0 Å². The van der Waals surface area contributed by atoms with Crippen molar-refractivity contribution in [2.45, 2.75) is 13.3 Å². The number of carbonyl (C=O) groups excluding carboxylic acids is 1. The quantitative estimate of drug-likeness (QED) is 0.846. The molecule has 0 heterocycles. The van der Waals surface area contributed by atoms with Crippen LogP contribution in [-0.2, 0) is 11.2 Å². The molecule has 2 aromatic carbocycles. The van der Waals surface area contributed by atoms with Crippen LogP contribution >= 0.6 is 23.2 Å². The summed E-state index contributed by atoms with van der Waals surface area (Å²) in [5.74, 6) is 4.95.